The van der Waals surface area contributed by atoms with E-state index in [1.165, 1.54) is 6.07 Å². The minimum Gasteiger partial charge on any atom is -0.548 e. The fourth-order valence-corrected chi connectivity index (χ4v) is 3.35. The van der Waals surface area contributed by atoms with Gasteiger partial charge < -0.3 is 24.2 Å². The van der Waals surface area contributed by atoms with Gasteiger partial charge >= 0.3 is 12.1 Å². The van der Waals surface area contributed by atoms with E-state index in [1.807, 2.05) is 9.80 Å². The summed E-state index contributed by atoms with van der Waals surface area (Å²) in [7, 11) is 0. The van der Waals surface area contributed by atoms with Gasteiger partial charge in [-0.2, -0.15) is 23.0 Å². The molecule has 3 aromatic rings. The Balaban J connectivity index is 1.42. The minimum absolute atomic E-state index is 0.0222. The number of carbonyl (C=O) groups excluding carboxylic acids is 1. The molecule has 1 unspecified atom stereocenters. The summed E-state index contributed by atoms with van der Waals surface area (Å²) in [5.74, 6) is -1.11. The molecule has 0 radical (unpaired) electrons. The number of hydrogen-bond donors (Lipinski definition) is 0. The van der Waals surface area contributed by atoms with Crippen molar-refractivity contribution in [1.29, 1.82) is 0 Å². The number of tetrazole rings is 1. The van der Waals surface area contributed by atoms with E-state index in [9.17, 15) is 23.1 Å². The second-order valence-electron chi connectivity index (χ2n) is 7.10. The van der Waals surface area contributed by atoms with Crippen LogP contribution in [0.5, 0.6) is 0 Å². The van der Waals surface area contributed by atoms with E-state index in [0.29, 0.717) is 31.9 Å². The molecular formula is C18H18F3N8O3-. The first kappa shape index (κ1) is 21.5. The number of carboxylic acids is 1. The molecule has 2 aromatic heterocycles. The van der Waals surface area contributed by atoms with Crippen molar-refractivity contribution in [1.82, 2.24) is 30.3 Å². The monoisotopic (exact) mass is 451 g/mol. The molecule has 1 fully saturated rings. The van der Waals surface area contributed by atoms with Gasteiger partial charge in [-0.15, -0.1) is 10.2 Å². The molecule has 170 valence electrons. The molecule has 14 heteroatoms. The first-order chi connectivity index (χ1) is 15.3. The van der Waals surface area contributed by atoms with Crippen LogP contribution in [0.2, 0.25) is 0 Å². The summed E-state index contributed by atoms with van der Waals surface area (Å²) in [4.78, 5) is 19.9. The molecule has 0 saturated carbocycles. The smallest absolute Gasteiger partial charge is 0.416 e. The first-order valence-corrected chi connectivity index (χ1v) is 9.78. The lowest BCUT2D eigenvalue weighted by Crippen LogP contribution is -2.47. The zero-order valence-corrected chi connectivity index (χ0v) is 16.9. The molecule has 1 aliphatic rings. The van der Waals surface area contributed by atoms with Gasteiger partial charge in [0, 0.05) is 31.9 Å². The Labute approximate surface area is 179 Å². The molecule has 1 aromatic carbocycles. The van der Waals surface area contributed by atoms with Gasteiger partial charge in [-0.1, -0.05) is 13.0 Å². The molecule has 11 nitrogen and oxygen atoms in total. The number of hydrogen-bond acceptors (Lipinski definition) is 10. The minimum atomic E-state index is -4.40. The van der Waals surface area contributed by atoms with Crippen LogP contribution in [0.15, 0.2) is 28.8 Å². The fraction of sp³-hybridized carbons (Fsp3) is 0.444. The average molecular weight is 451 g/mol. The van der Waals surface area contributed by atoms with Crippen LogP contribution in [0, 0.1) is 0 Å². The Morgan fingerprint density at radius 2 is 1.94 bits per heavy atom. The maximum Gasteiger partial charge on any atom is 0.416 e. The van der Waals surface area contributed by atoms with E-state index in [4.69, 9.17) is 4.52 Å². The molecule has 0 amide bonds. The van der Waals surface area contributed by atoms with Crippen LogP contribution in [-0.4, -0.2) is 62.5 Å². The highest BCUT2D eigenvalue weighted by molar-refractivity contribution is 5.69. The highest BCUT2D eigenvalue weighted by Crippen LogP contribution is 2.32. The van der Waals surface area contributed by atoms with Gasteiger partial charge in [0.1, 0.15) is 6.04 Å². The van der Waals surface area contributed by atoms with Gasteiger partial charge in [0.2, 0.25) is 0 Å². The first-order valence-electron chi connectivity index (χ1n) is 9.78. The van der Waals surface area contributed by atoms with Crippen molar-refractivity contribution in [3.05, 3.63) is 29.8 Å². The fourth-order valence-electron chi connectivity index (χ4n) is 3.35. The molecule has 32 heavy (non-hydrogen) atoms. The molecule has 1 saturated heterocycles. The van der Waals surface area contributed by atoms with Gasteiger partial charge in [-0.3, -0.25) is 0 Å². The van der Waals surface area contributed by atoms with Crippen molar-refractivity contribution in [2.45, 2.75) is 25.6 Å². The summed E-state index contributed by atoms with van der Waals surface area (Å²) in [6.45, 7) is 3.48. The summed E-state index contributed by atoms with van der Waals surface area (Å²) in [6.07, 6.45) is -4.18. The standard InChI is InChI=1S/C18H19F3N8O3/c1-2-13(16(30)31)29-24-14(23-26-29)15-22-17(25-32-15)28-8-6-27(7-9-28)12-5-3-4-11(10-12)18(19,20)21/h3-5,10,13H,2,6-9H2,1H3,(H,30,31)/p-1. The van der Waals surface area contributed by atoms with Crippen molar-refractivity contribution in [2.75, 3.05) is 36.0 Å². The molecule has 1 atom stereocenters. The second-order valence-corrected chi connectivity index (χ2v) is 7.10. The van der Waals surface area contributed by atoms with E-state index in [0.717, 1.165) is 16.9 Å². The Kier molecular flexibility index (Phi) is 5.67. The lowest BCUT2D eigenvalue weighted by atomic mass is 10.1. The zero-order valence-electron chi connectivity index (χ0n) is 16.9. The number of halogens is 3. The van der Waals surface area contributed by atoms with Crippen molar-refractivity contribution in [3.8, 4) is 11.7 Å². The molecule has 0 aliphatic carbocycles. The van der Waals surface area contributed by atoms with Crippen LogP contribution in [0.1, 0.15) is 24.9 Å². The Hall–Kier alpha value is -3.71. The number of benzene rings is 1. The summed E-state index contributed by atoms with van der Waals surface area (Å²) >= 11 is 0. The highest BCUT2D eigenvalue weighted by Gasteiger charge is 2.31. The van der Waals surface area contributed by atoms with E-state index in [2.05, 4.69) is 25.6 Å². The summed E-state index contributed by atoms with van der Waals surface area (Å²) in [6, 6.07) is 4.14. The van der Waals surface area contributed by atoms with Crippen LogP contribution >= 0.6 is 0 Å². The Morgan fingerprint density at radius 3 is 2.59 bits per heavy atom. The van der Waals surface area contributed by atoms with E-state index < -0.39 is 23.8 Å². The highest BCUT2D eigenvalue weighted by atomic mass is 19.4. The van der Waals surface area contributed by atoms with E-state index >= 15 is 0 Å². The van der Waals surface area contributed by atoms with Crippen LogP contribution in [0.4, 0.5) is 24.8 Å². The second kappa shape index (κ2) is 8.43. The third kappa shape index (κ3) is 4.33. The van der Waals surface area contributed by atoms with E-state index in [1.54, 1.807) is 13.0 Å². The number of alkyl halides is 3. The lowest BCUT2D eigenvalue weighted by molar-refractivity contribution is -0.311. The van der Waals surface area contributed by atoms with Gasteiger partial charge in [0.15, 0.2) is 0 Å². The zero-order chi connectivity index (χ0) is 22.9. The van der Waals surface area contributed by atoms with Crippen LogP contribution in [0.3, 0.4) is 0 Å². The van der Waals surface area contributed by atoms with Gasteiger partial charge in [-0.05, 0) is 35.0 Å². The van der Waals surface area contributed by atoms with Gasteiger partial charge in [-0.25, -0.2) is 0 Å². The van der Waals surface area contributed by atoms with E-state index in [-0.39, 0.29) is 24.1 Å². The van der Waals surface area contributed by atoms with Crippen molar-refractivity contribution in [3.63, 3.8) is 0 Å². The molecule has 0 spiro atoms. The Morgan fingerprint density at radius 1 is 1.22 bits per heavy atom. The van der Waals surface area contributed by atoms with Crippen LogP contribution in [0.25, 0.3) is 11.7 Å². The normalized spacial score (nSPS) is 15.8. The molecule has 0 bridgehead atoms. The number of piperazine rings is 1. The van der Waals surface area contributed by atoms with Crippen molar-refractivity contribution < 1.29 is 27.6 Å². The third-order valence-corrected chi connectivity index (χ3v) is 5.07. The number of carboxylic acid groups (broad SMARTS) is 1. The lowest BCUT2D eigenvalue weighted by Gasteiger charge is -2.35. The predicted molar refractivity (Wildman–Crippen MR) is 101 cm³/mol. The molecule has 4 rings (SSSR count). The maximum absolute atomic E-state index is 13.0. The summed E-state index contributed by atoms with van der Waals surface area (Å²) < 4.78 is 44.1. The number of aromatic nitrogens is 6. The average Bonchev–Trinajstić information content (AvgIpc) is 3.44. The number of rotatable bonds is 6. The van der Waals surface area contributed by atoms with Crippen molar-refractivity contribution in [2.24, 2.45) is 0 Å². The quantitative estimate of drug-likeness (QED) is 0.530. The number of anilines is 2. The van der Waals surface area contributed by atoms with Gasteiger partial charge in [0.05, 0.1) is 11.5 Å². The third-order valence-electron chi connectivity index (χ3n) is 5.07. The summed E-state index contributed by atoms with van der Waals surface area (Å²) in [5.41, 5.74) is -0.197. The number of carbonyl (C=O) groups is 1. The summed E-state index contributed by atoms with van der Waals surface area (Å²) in [5, 5.41) is 26.4. The van der Waals surface area contributed by atoms with Crippen LogP contribution in [-0.2, 0) is 11.0 Å². The molecule has 0 N–H and O–H groups in total. The van der Waals surface area contributed by atoms with Crippen molar-refractivity contribution >= 4 is 17.6 Å². The molecule has 1 aliphatic heterocycles. The topological polar surface area (TPSA) is 129 Å². The maximum atomic E-state index is 13.0. The van der Waals surface area contributed by atoms with Gasteiger partial charge in [0.25, 0.3) is 11.8 Å². The molecule has 3 heterocycles. The van der Waals surface area contributed by atoms with Crippen LogP contribution < -0.4 is 14.9 Å². The largest absolute Gasteiger partial charge is 0.548 e. The SMILES string of the molecule is CCC(C(=O)[O-])n1nnc(-c2nc(N3CCN(c4cccc(C(F)(F)F)c4)CC3)no2)n1. The molecular weight excluding hydrogens is 433 g/mol. The number of nitrogens with zero attached hydrogens (tertiary/aromatic N) is 8. The predicted octanol–water partition coefficient (Wildman–Crippen LogP) is 0.769. The Bertz CT molecular complexity index is 1090. The number of aliphatic carboxylic acids is 1.